The van der Waals surface area contributed by atoms with Crippen molar-refractivity contribution in [3.8, 4) is 22.6 Å². The van der Waals surface area contributed by atoms with E-state index in [0.717, 1.165) is 22.6 Å². The van der Waals surface area contributed by atoms with E-state index in [-0.39, 0.29) is 0 Å². The number of nitrogens with two attached hydrogens (primary N) is 1. The number of nitrogens with zero attached hydrogens (tertiary/aromatic N) is 2. The highest BCUT2D eigenvalue weighted by molar-refractivity contribution is 5.79. The van der Waals surface area contributed by atoms with E-state index < -0.39 is 0 Å². The van der Waals surface area contributed by atoms with Gasteiger partial charge in [0.05, 0.1) is 5.69 Å². The summed E-state index contributed by atoms with van der Waals surface area (Å²) < 4.78 is 0. The van der Waals surface area contributed by atoms with Crippen LogP contribution in [0.4, 0.5) is 5.82 Å². The minimum Gasteiger partial charge on any atom is -0.382 e. The lowest BCUT2D eigenvalue weighted by Crippen LogP contribution is -1.86. The minimum absolute atomic E-state index is 0.481. The monoisotopic (exact) mass is 225 g/mol. The summed E-state index contributed by atoms with van der Waals surface area (Å²) in [5.74, 6) is 1.31. The molecule has 0 aliphatic rings. The first-order chi connectivity index (χ1) is 8.34. The molecule has 0 unspecified atom stereocenters. The highest BCUT2D eigenvalue weighted by Gasteiger charge is 2.10. The van der Waals surface area contributed by atoms with E-state index in [0.29, 0.717) is 5.82 Å². The van der Waals surface area contributed by atoms with Crippen LogP contribution in [0.3, 0.4) is 0 Å². The van der Waals surface area contributed by atoms with Crippen LogP contribution in [0.1, 0.15) is 0 Å². The van der Waals surface area contributed by atoms with Gasteiger partial charge in [-0.1, -0.05) is 24.3 Å². The summed E-state index contributed by atoms with van der Waals surface area (Å²) >= 11 is 0. The molecule has 5 heteroatoms. The number of aromatic amines is 2. The quantitative estimate of drug-likeness (QED) is 0.624. The number of hydrogen-bond acceptors (Lipinski definition) is 3. The lowest BCUT2D eigenvalue weighted by atomic mass is 10.0. The predicted octanol–water partition coefficient (Wildman–Crippen LogP) is 2.05. The predicted molar refractivity (Wildman–Crippen MR) is 66.0 cm³/mol. The summed E-state index contributed by atoms with van der Waals surface area (Å²) in [6, 6.07) is 9.76. The molecular formula is C12H11N5. The maximum absolute atomic E-state index is 5.62. The van der Waals surface area contributed by atoms with Gasteiger partial charge in [-0.25, -0.2) is 4.98 Å². The highest BCUT2D eigenvalue weighted by atomic mass is 15.2. The molecule has 0 amide bonds. The Labute approximate surface area is 97.7 Å². The van der Waals surface area contributed by atoms with Crippen molar-refractivity contribution < 1.29 is 0 Å². The first kappa shape index (κ1) is 9.65. The van der Waals surface area contributed by atoms with E-state index in [2.05, 4.69) is 20.2 Å². The van der Waals surface area contributed by atoms with Gasteiger partial charge in [-0.3, -0.25) is 5.10 Å². The fraction of sp³-hybridized carbons (Fsp3) is 0. The zero-order chi connectivity index (χ0) is 11.7. The van der Waals surface area contributed by atoms with E-state index in [1.165, 1.54) is 0 Å². The largest absolute Gasteiger partial charge is 0.382 e. The second kappa shape index (κ2) is 3.79. The Kier molecular flexibility index (Phi) is 2.15. The van der Waals surface area contributed by atoms with Gasteiger partial charge in [0, 0.05) is 29.6 Å². The van der Waals surface area contributed by atoms with E-state index in [9.17, 15) is 0 Å². The molecule has 2 aromatic heterocycles. The molecule has 0 bridgehead atoms. The first-order valence-corrected chi connectivity index (χ1v) is 5.24. The van der Waals surface area contributed by atoms with E-state index in [4.69, 9.17) is 5.73 Å². The second-order valence-electron chi connectivity index (χ2n) is 3.69. The third-order valence-corrected chi connectivity index (χ3v) is 2.57. The van der Waals surface area contributed by atoms with Crippen molar-refractivity contribution in [2.75, 3.05) is 5.73 Å². The van der Waals surface area contributed by atoms with Crippen LogP contribution in [-0.2, 0) is 0 Å². The number of nitrogens with one attached hydrogen (secondary N) is 2. The molecule has 0 aliphatic carbocycles. The summed E-state index contributed by atoms with van der Waals surface area (Å²) in [7, 11) is 0. The molecule has 0 spiro atoms. The van der Waals surface area contributed by atoms with Crippen LogP contribution in [-0.4, -0.2) is 20.2 Å². The molecule has 0 saturated carbocycles. The van der Waals surface area contributed by atoms with Crippen molar-refractivity contribution in [1.82, 2.24) is 20.2 Å². The molecule has 4 N–H and O–H groups in total. The second-order valence-corrected chi connectivity index (χ2v) is 3.69. The number of aromatic nitrogens is 4. The third kappa shape index (κ3) is 1.67. The Morgan fingerprint density at radius 2 is 1.94 bits per heavy atom. The fourth-order valence-electron chi connectivity index (χ4n) is 1.81. The maximum Gasteiger partial charge on any atom is 0.145 e. The van der Waals surface area contributed by atoms with E-state index in [1.54, 1.807) is 12.4 Å². The summed E-state index contributed by atoms with van der Waals surface area (Å²) in [5, 5.41) is 6.85. The van der Waals surface area contributed by atoms with E-state index >= 15 is 0 Å². The van der Waals surface area contributed by atoms with Gasteiger partial charge in [-0.2, -0.15) is 5.10 Å². The number of nitrogen functional groups attached to an aromatic ring is 1. The van der Waals surface area contributed by atoms with Crippen LogP contribution in [0.15, 0.2) is 42.7 Å². The van der Waals surface area contributed by atoms with Gasteiger partial charge in [0.25, 0.3) is 0 Å². The Morgan fingerprint density at radius 1 is 1.12 bits per heavy atom. The molecule has 0 aliphatic heterocycles. The lowest BCUT2D eigenvalue weighted by molar-refractivity contribution is 1.10. The molecule has 17 heavy (non-hydrogen) atoms. The van der Waals surface area contributed by atoms with Crippen LogP contribution in [0, 0.1) is 0 Å². The number of imidazole rings is 1. The van der Waals surface area contributed by atoms with Crippen molar-refractivity contribution in [1.29, 1.82) is 0 Å². The van der Waals surface area contributed by atoms with E-state index in [1.807, 2.05) is 30.3 Å². The first-order valence-electron chi connectivity index (χ1n) is 5.24. The molecule has 5 nitrogen and oxygen atoms in total. The molecule has 3 rings (SSSR count). The molecule has 0 atom stereocenters. The molecule has 84 valence electrons. The van der Waals surface area contributed by atoms with Crippen molar-refractivity contribution in [3.63, 3.8) is 0 Å². The van der Waals surface area contributed by atoms with Gasteiger partial charge in [-0.05, 0) is 0 Å². The number of benzene rings is 1. The van der Waals surface area contributed by atoms with Crippen LogP contribution < -0.4 is 5.73 Å². The summed E-state index contributed by atoms with van der Waals surface area (Å²) in [4.78, 5) is 7.35. The van der Waals surface area contributed by atoms with Crippen LogP contribution >= 0.6 is 0 Å². The zero-order valence-electron chi connectivity index (χ0n) is 9.01. The smallest absolute Gasteiger partial charge is 0.145 e. The van der Waals surface area contributed by atoms with Gasteiger partial charge >= 0.3 is 0 Å². The van der Waals surface area contributed by atoms with Crippen molar-refractivity contribution >= 4 is 5.82 Å². The average molecular weight is 225 g/mol. The highest BCUT2D eigenvalue weighted by Crippen LogP contribution is 2.29. The van der Waals surface area contributed by atoms with Crippen LogP contribution in [0.2, 0.25) is 0 Å². The number of H-pyrrole nitrogens is 2. The zero-order valence-corrected chi connectivity index (χ0v) is 9.01. The number of hydrogen-bond donors (Lipinski definition) is 3. The molecule has 0 fully saturated rings. The van der Waals surface area contributed by atoms with Gasteiger partial charge in [-0.15, -0.1) is 0 Å². The molecular weight excluding hydrogens is 214 g/mol. The molecule has 1 aromatic carbocycles. The summed E-state index contributed by atoms with van der Waals surface area (Å²) in [6.07, 6.45) is 3.53. The topological polar surface area (TPSA) is 83.4 Å². The average Bonchev–Trinajstić information content (AvgIpc) is 3.00. The molecule has 3 aromatic rings. The van der Waals surface area contributed by atoms with Crippen molar-refractivity contribution in [2.45, 2.75) is 0 Å². The summed E-state index contributed by atoms with van der Waals surface area (Å²) in [6.45, 7) is 0. The van der Waals surface area contributed by atoms with Crippen LogP contribution in [0.25, 0.3) is 22.6 Å². The minimum atomic E-state index is 0.481. The van der Waals surface area contributed by atoms with Gasteiger partial charge < -0.3 is 10.7 Å². The Hall–Kier alpha value is -2.56. The number of anilines is 1. The van der Waals surface area contributed by atoms with Gasteiger partial charge in [0.1, 0.15) is 11.6 Å². The lowest BCUT2D eigenvalue weighted by Gasteiger charge is -2.04. The fourth-order valence-corrected chi connectivity index (χ4v) is 1.81. The van der Waals surface area contributed by atoms with Crippen LogP contribution in [0.5, 0.6) is 0 Å². The third-order valence-electron chi connectivity index (χ3n) is 2.57. The Balaban J connectivity index is 2.17. The number of rotatable bonds is 2. The molecule has 2 heterocycles. The van der Waals surface area contributed by atoms with Crippen molar-refractivity contribution in [2.24, 2.45) is 0 Å². The normalized spacial score (nSPS) is 10.6. The Bertz CT molecular complexity index is 624. The van der Waals surface area contributed by atoms with Gasteiger partial charge in [0.15, 0.2) is 0 Å². The molecule has 0 saturated heterocycles. The Morgan fingerprint density at radius 3 is 2.59 bits per heavy atom. The summed E-state index contributed by atoms with van der Waals surface area (Å²) in [5.41, 5.74) is 8.54. The maximum atomic E-state index is 5.62. The standard InChI is InChI=1S/C12H11N5/c13-11-7-10(16-17-11)8-3-1-2-4-9(8)12-14-5-6-15-12/h1-7H,(H,14,15)(H3,13,16,17). The SMILES string of the molecule is Nc1cc(-c2ccccc2-c2ncc[nH]2)[nH]n1. The van der Waals surface area contributed by atoms with Crippen molar-refractivity contribution in [3.05, 3.63) is 42.7 Å². The molecule has 0 radical (unpaired) electrons. The van der Waals surface area contributed by atoms with Gasteiger partial charge in [0.2, 0.25) is 0 Å².